The summed E-state index contributed by atoms with van der Waals surface area (Å²) in [4.78, 5) is 0. The number of hydrogen-bond acceptors (Lipinski definition) is 2. The van der Waals surface area contributed by atoms with Crippen LogP contribution in [-0.4, -0.2) is 13.2 Å². The zero-order chi connectivity index (χ0) is 28.9. The van der Waals surface area contributed by atoms with Gasteiger partial charge in [-0.15, -0.1) is 0 Å². The number of benzene rings is 1. The third-order valence-electron chi connectivity index (χ3n) is 8.02. The van der Waals surface area contributed by atoms with Gasteiger partial charge in [0.05, 0.1) is 13.2 Å². The highest BCUT2D eigenvalue weighted by molar-refractivity contribution is 5.43. The molecule has 2 heteroatoms. The molecule has 0 aliphatic rings. The summed E-state index contributed by atoms with van der Waals surface area (Å²) in [5, 5.41) is 0. The van der Waals surface area contributed by atoms with Crippen LogP contribution in [0.25, 0.3) is 0 Å². The van der Waals surface area contributed by atoms with Gasteiger partial charge >= 0.3 is 0 Å². The minimum atomic E-state index is 0.781. The Kier molecular flexibility index (Phi) is 25.4. The van der Waals surface area contributed by atoms with E-state index in [9.17, 15) is 0 Å². The molecule has 0 N–H and O–H groups in total. The summed E-state index contributed by atoms with van der Waals surface area (Å²) in [6, 6.07) is 6.45. The van der Waals surface area contributed by atoms with Gasteiger partial charge < -0.3 is 9.47 Å². The number of rotatable bonds is 30. The largest absolute Gasteiger partial charge is 0.490 e. The maximum Gasteiger partial charge on any atom is 0.161 e. The van der Waals surface area contributed by atoms with Crippen molar-refractivity contribution in [1.82, 2.24) is 0 Å². The Morgan fingerprint density at radius 1 is 0.500 bits per heavy atom. The first kappa shape index (κ1) is 36.6. The normalized spacial score (nSPS) is 11.2. The van der Waals surface area contributed by atoms with Gasteiger partial charge in [-0.25, -0.2) is 0 Å². The van der Waals surface area contributed by atoms with Gasteiger partial charge in [0.1, 0.15) is 0 Å². The van der Waals surface area contributed by atoms with E-state index in [1.54, 1.807) is 0 Å². The van der Waals surface area contributed by atoms with E-state index in [2.05, 4.69) is 45.5 Å². The predicted octanol–water partition coefficient (Wildman–Crippen LogP) is 13.0. The summed E-state index contributed by atoms with van der Waals surface area (Å²) in [6.07, 6.45) is 33.7. The Hall–Kier alpha value is -1.44. The van der Waals surface area contributed by atoms with Gasteiger partial charge in [0.15, 0.2) is 11.5 Å². The molecule has 0 aromatic heterocycles. The zero-order valence-electron chi connectivity index (χ0n) is 27.3. The maximum atomic E-state index is 6.26. The highest BCUT2D eigenvalue weighted by atomic mass is 16.5. The summed E-state index contributed by atoms with van der Waals surface area (Å²) in [5.74, 6) is 1.83. The zero-order valence-corrected chi connectivity index (χ0v) is 27.3. The molecule has 1 aromatic carbocycles. The lowest BCUT2D eigenvalue weighted by atomic mass is 10.1. The van der Waals surface area contributed by atoms with Crippen LogP contribution in [0.3, 0.4) is 0 Å². The Morgan fingerprint density at radius 2 is 0.850 bits per heavy atom. The molecule has 0 bridgehead atoms. The Morgan fingerprint density at radius 3 is 1.23 bits per heavy atom. The van der Waals surface area contributed by atoms with Crippen LogP contribution in [0.4, 0.5) is 0 Å². The van der Waals surface area contributed by atoms with Crippen LogP contribution >= 0.6 is 0 Å². The first-order valence-electron chi connectivity index (χ1n) is 17.7. The molecule has 40 heavy (non-hydrogen) atoms. The molecular weight excluding hydrogens is 488 g/mol. The van der Waals surface area contributed by atoms with Crippen molar-refractivity contribution in [3.05, 3.63) is 35.9 Å². The molecule has 0 fully saturated rings. The molecule has 0 spiro atoms. The molecular formula is C38H68O2. The predicted molar refractivity (Wildman–Crippen MR) is 178 cm³/mol. The summed E-state index contributed by atoms with van der Waals surface area (Å²) in [7, 11) is 0. The molecule has 0 amide bonds. The molecule has 2 nitrogen and oxygen atoms in total. The minimum Gasteiger partial charge on any atom is -0.490 e. The van der Waals surface area contributed by atoms with Crippen LogP contribution in [0.5, 0.6) is 11.5 Å². The second-order valence-electron chi connectivity index (χ2n) is 12.4. The molecule has 0 radical (unpaired) electrons. The highest BCUT2D eigenvalue weighted by Gasteiger charge is 2.08. The number of hydrogen-bond donors (Lipinski definition) is 0. The first-order chi connectivity index (χ1) is 19.7. The van der Waals surface area contributed by atoms with Crippen molar-refractivity contribution in [2.24, 2.45) is 0 Å². The van der Waals surface area contributed by atoms with Crippen molar-refractivity contribution in [3.8, 4) is 11.5 Å². The SMILES string of the molecule is C=C(C)Cc1ccc(OCCCCCCCCCCCCCC)c(OCCCCCCCCCCCCCC)c1. The van der Waals surface area contributed by atoms with Gasteiger partial charge in [0.2, 0.25) is 0 Å². The first-order valence-corrected chi connectivity index (χ1v) is 17.7. The Labute approximate surface area is 251 Å². The summed E-state index contributed by atoms with van der Waals surface area (Å²) >= 11 is 0. The lowest BCUT2D eigenvalue weighted by Crippen LogP contribution is -2.03. The standard InChI is InChI=1S/C38H68O2/c1-5-7-9-11-13-15-17-19-21-23-25-27-31-39-37-30-29-36(33-35(3)4)34-38(37)40-32-28-26-24-22-20-18-16-14-12-10-8-6-2/h29-30,34H,3,5-28,31-33H2,1-2,4H3. The summed E-state index contributed by atoms with van der Waals surface area (Å²) in [6.45, 7) is 12.3. The Bertz CT molecular complexity index is 695. The van der Waals surface area contributed by atoms with Gasteiger partial charge in [-0.05, 0) is 43.9 Å². The van der Waals surface area contributed by atoms with Gasteiger partial charge in [-0.3, -0.25) is 0 Å². The van der Waals surface area contributed by atoms with Crippen molar-refractivity contribution in [2.75, 3.05) is 13.2 Å². The molecule has 0 atom stereocenters. The summed E-state index contributed by atoms with van der Waals surface area (Å²) < 4.78 is 12.5. The molecule has 0 heterocycles. The van der Waals surface area contributed by atoms with Crippen LogP contribution in [0.1, 0.15) is 180 Å². The lowest BCUT2D eigenvalue weighted by molar-refractivity contribution is 0.258. The van der Waals surface area contributed by atoms with Crippen molar-refractivity contribution < 1.29 is 9.47 Å². The second-order valence-corrected chi connectivity index (χ2v) is 12.4. The average Bonchev–Trinajstić information content (AvgIpc) is 2.94. The minimum absolute atomic E-state index is 0.781. The van der Waals surface area contributed by atoms with E-state index in [-0.39, 0.29) is 0 Å². The molecule has 232 valence electrons. The Balaban J connectivity index is 2.18. The smallest absolute Gasteiger partial charge is 0.161 e. The second kappa shape index (κ2) is 27.7. The fraction of sp³-hybridized carbons (Fsp3) is 0.789. The van der Waals surface area contributed by atoms with Gasteiger partial charge in [0, 0.05) is 0 Å². The fourth-order valence-corrected chi connectivity index (χ4v) is 5.49. The maximum absolute atomic E-state index is 6.26. The fourth-order valence-electron chi connectivity index (χ4n) is 5.49. The molecule has 0 unspecified atom stereocenters. The summed E-state index contributed by atoms with van der Waals surface area (Å²) in [5.41, 5.74) is 2.44. The monoisotopic (exact) mass is 557 g/mol. The number of unbranched alkanes of at least 4 members (excludes halogenated alkanes) is 22. The quantitative estimate of drug-likeness (QED) is 0.0693. The van der Waals surface area contributed by atoms with Crippen molar-refractivity contribution in [3.63, 3.8) is 0 Å². The van der Waals surface area contributed by atoms with Crippen molar-refractivity contribution in [1.29, 1.82) is 0 Å². The average molecular weight is 557 g/mol. The van der Waals surface area contributed by atoms with Gasteiger partial charge in [-0.1, -0.05) is 173 Å². The van der Waals surface area contributed by atoms with Crippen molar-refractivity contribution in [2.45, 2.75) is 181 Å². The third kappa shape index (κ3) is 22.3. The van der Waals surface area contributed by atoms with E-state index in [1.165, 1.54) is 152 Å². The molecule has 0 aliphatic heterocycles. The number of allylic oxidation sites excluding steroid dienone is 1. The van der Waals surface area contributed by atoms with Crippen LogP contribution in [-0.2, 0) is 6.42 Å². The molecule has 0 aliphatic carbocycles. The molecule has 0 saturated heterocycles. The van der Waals surface area contributed by atoms with E-state index in [1.807, 2.05) is 0 Å². The third-order valence-corrected chi connectivity index (χ3v) is 8.02. The topological polar surface area (TPSA) is 18.5 Å². The van der Waals surface area contributed by atoms with E-state index < -0.39 is 0 Å². The molecule has 1 aromatic rings. The van der Waals surface area contributed by atoms with Gasteiger partial charge in [0.25, 0.3) is 0 Å². The number of ether oxygens (including phenoxy) is 2. The highest BCUT2D eigenvalue weighted by Crippen LogP contribution is 2.30. The van der Waals surface area contributed by atoms with Crippen LogP contribution in [0, 0.1) is 0 Å². The van der Waals surface area contributed by atoms with E-state index >= 15 is 0 Å². The van der Waals surface area contributed by atoms with Crippen molar-refractivity contribution >= 4 is 0 Å². The van der Waals surface area contributed by atoms with Crippen LogP contribution in [0.2, 0.25) is 0 Å². The van der Waals surface area contributed by atoms with Gasteiger partial charge in [-0.2, -0.15) is 0 Å². The molecule has 1 rings (SSSR count). The van der Waals surface area contributed by atoms with Crippen LogP contribution in [0.15, 0.2) is 30.4 Å². The van der Waals surface area contributed by atoms with E-state index in [0.717, 1.165) is 44.0 Å². The lowest BCUT2D eigenvalue weighted by Gasteiger charge is -2.15. The van der Waals surface area contributed by atoms with E-state index in [0.29, 0.717) is 0 Å². The van der Waals surface area contributed by atoms with E-state index in [4.69, 9.17) is 9.47 Å². The molecule has 0 saturated carbocycles. The van der Waals surface area contributed by atoms with Crippen LogP contribution < -0.4 is 9.47 Å².